The third-order valence-corrected chi connectivity index (χ3v) is 3.84. The van der Waals surface area contributed by atoms with E-state index in [2.05, 4.69) is 10.6 Å². The summed E-state index contributed by atoms with van der Waals surface area (Å²) in [6.07, 6.45) is 0. The van der Waals surface area contributed by atoms with Crippen molar-refractivity contribution in [3.05, 3.63) is 101 Å². The fourth-order valence-electron chi connectivity index (χ4n) is 2.55. The van der Waals surface area contributed by atoms with Crippen molar-refractivity contribution in [1.82, 2.24) is 5.32 Å². The molecule has 3 rings (SSSR count). The highest BCUT2D eigenvalue weighted by molar-refractivity contribution is 5.99. The van der Waals surface area contributed by atoms with Crippen molar-refractivity contribution < 1.29 is 9.18 Å². The van der Waals surface area contributed by atoms with Gasteiger partial charge in [-0.25, -0.2) is 4.39 Å². The second-order valence-corrected chi connectivity index (χ2v) is 5.70. The molecule has 25 heavy (non-hydrogen) atoms. The van der Waals surface area contributed by atoms with Gasteiger partial charge in [-0.15, -0.1) is 0 Å². The second-order valence-electron chi connectivity index (χ2n) is 5.70. The summed E-state index contributed by atoms with van der Waals surface area (Å²) >= 11 is 0. The molecule has 3 aromatic carbocycles. The van der Waals surface area contributed by atoms with Crippen LogP contribution in [0.1, 0.15) is 21.5 Å². The molecule has 0 saturated carbocycles. The highest BCUT2D eigenvalue weighted by atomic mass is 19.1. The minimum absolute atomic E-state index is 0.147. The van der Waals surface area contributed by atoms with E-state index in [1.807, 2.05) is 54.6 Å². The highest BCUT2D eigenvalue weighted by Crippen LogP contribution is 2.17. The maximum atomic E-state index is 13.3. The first-order valence-electron chi connectivity index (χ1n) is 8.12. The van der Waals surface area contributed by atoms with Gasteiger partial charge in [-0.1, -0.05) is 54.6 Å². The smallest absolute Gasteiger partial charge is 0.253 e. The molecule has 0 heterocycles. The van der Waals surface area contributed by atoms with Crippen LogP contribution in [-0.2, 0) is 13.1 Å². The normalized spacial score (nSPS) is 10.3. The lowest BCUT2D eigenvalue weighted by Crippen LogP contribution is -2.23. The number of carbonyl (C=O) groups excluding carboxylic acids is 1. The lowest BCUT2D eigenvalue weighted by Gasteiger charge is -2.12. The average Bonchev–Trinajstić information content (AvgIpc) is 2.65. The molecular formula is C21H19FN2O. The number of amides is 1. The summed E-state index contributed by atoms with van der Waals surface area (Å²) in [7, 11) is 0. The topological polar surface area (TPSA) is 41.1 Å². The van der Waals surface area contributed by atoms with Crippen LogP contribution in [0.3, 0.4) is 0 Å². The van der Waals surface area contributed by atoms with Crippen molar-refractivity contribution >= 4 is 11.6 Å². The van der Waals surface area contributed by atoms with Gasteiger partial charge in [0.05, 0.1) is 5.56 Å². The third-order valence-electron chi connectivity index (χ3n) is 3.84. The Morgan fingerprint density at radius 2 is 1.52 bits per heavy atom. The molecule has 1 amide bonds. The van der Waals surface area contributed by atoms with Crippen LogP contribution >= 0.6 is 0 Å². The fourth-order valence-corrected chi connectivity index (χ4v) is 2.55. The molecule has 3 aromatic rings. The predicted molar refractivity (Wildman–Crippen MR) is 97.8 cm³/mol. The molecule has 0 aliphatic rings. The number of rotatable bonds is 6. The lowest BCUT2D eigenvalue weighted by molar-refractivity contribution is 0.0951. The zero-order valence-electron chi connectivity index (χ0n) is 13.7. The summed E-state index contributed by atoms with van der Waals surface area (Å²) in [4.78, 5) is 12.5. The Morgan fingerprint density at radius 1 is 0.800 bits per heavy atom. The number of anilines is 1. The van der Waals surface area contributed by atoms with Gasteiger partial charge in [-0.05, 0) is 35.4 Å². The van der Waals surface area contributed by atoms with Crippen molar-refractivity contribution in [3.63, 3.8) is 0 Å². The van der Waals surface area contributed by atoms with E-state index in [4.69, 9.17) is 0 Å². The molecule has 2 N–H and O–H groups in total. The second kappa shape index (κ2) is 8.11. The monoisotopic (exact) mass is 334 g/mol. The van der Waals surface area contributed by atoms with E-state index in [1.165, 1.54) is 12.1 Å². The number of benzene rings is 3. The number of para-hydroxylation sites is 1. The Morgan fingerprint density at radius 3 is 2.32 bits per heavy atom. The Kier molecular flexibility index (Phi) is 5.42. The standard InChI is InChI=1S/C21H19FN2O/c22-18-10-6-9-17(13-18)15-23-20-12-5-4-11-19(20)21(25)24-14-16-7-2-1-3-8-16/h1-13,23H,14-15H2,(H,24,25). The van der Waals surface area contributed by atoms with Gasteiger partial charge in [0.2, 0.25) is 0 Å². The fraction of sp³-hybridized carbons (Fsp3) is 0.0952. The SMILES string of the molecule is O=C(NCc1ccccc1)c1ccccc1NCc1cccc(F)c1. The van der Waals surface area contributed by atoms with Gasteiger partial charge in [0.25, 0.3) is 5.91 Å². The molecule has 126 valence electrons. The summed E-state index contributed by atoms with van der Waals surface area (Å²) in [5, 5.41) is 6.13. The zero-order chi connectivity index (χ0) is 17.5. The quantitative estimate of drug-likeness (QED) is 0.703. The lowest BCUT2D eigenvalue weighted by atomic mass is 10.1. The number of hydrogen-bond donors (Lipinski definition) is 2. The molecule has 3 nitrogen and oxygen atoms in total. The third kappa shape index (κ3) is 4.67. The molecule has 0 saturated heterocycles. The molecule has 0 unspecified atom stereocenters. The van der Waals surface area contributed by atoms with Crippen molar-refractivity contribution in [3.8, 4) is 0 Å². The van der Waals surface area contributed by atoms with E-state index < -0.39 is 0 Å². The van der Waals surface area contributed by atoms with Crippen molar-refractivity contribution in [1.29, 1.82) is 0 Å². The van der Waals surface area contributed by atoms with Gasteiger partial charge in [0.1, 0.15) is 5.82 Å². The van der Waals surface area contributed by atoms with Gasteiger partial charge in [-0.2, -0.15) is 0 Å². The van der Waals surface area contributed by atoms with E-state index >= 15 is 0 Å². The number of halogens is 1. The van der Waals surface area contributed by atoms with Crippen LogP contribution in [0, 0.1) is 5.82 Å². The summed E-state index contributed by atoms with van der Waals surface area (Å²) < 4.78 is 13.3. The molecule has 0 radical (unpaired) electrons. The summed E-state index contributed by atoms with van der Waals surface area (Å²) in [5.74, 6) is -0.417. The van der Waals surface area contributed by atoms with Crippen LogP contribution in [0.25, 0.3) is 0 Å². The van der Waals surface area contributed by atoms with Gasteiger partial charge in [0, 0.05) is 18.8 Å². The average molecular weight is 334 g/mol. The van der Waals surface area contributed by atoms with E-state index in [1.54, 1.807) is 12.1 Å². The zero-order valence-corrected chi connectivity index (χ0v) is 13.7. The van der Waals surface area contributed by atoms with E-state index in [9.17, 15) is 9.18 Å². The summed E-state index contributed by atoms with van der Waals surface area (Å²) in [6.45, 7) is 0.915. The van der Waals surface area contributed by atoms with Crippen molar-refractivity contribution in [2.24, 2.45) is 0 Å². The van der Waals surface area contributed by atoms with Crippen molar-refractivity contribution in [2.45, 2.75) is 13.1 Å². The number of carbonyl (C=O) groups is 1. The van der Waals surface area contributed by atoms with Crippen LogP contribution in [0.5, 0.6) is 0 Å². The molecule has 0 aliphatic heterocycles. The van der Waals surface area contributed by atoms with Crippen LogP contribution < -0.4 is 10.6 Å². The minimum atomic E-state index is -0.270. The van der Waals surface area contributed by atoms with Crippen molar-refractivity contribution in [2.75, 3.05) is 5.32 Å². The van der Waals surface area contributed by atoms with Gasteiger partial charge >= 0.3 is 0 Å². The highest BCUT2D eigenvalue weighted by Gasteiger charge is 2.10. The van der Waals surface area contributed by atoms with E-state index in [0.717, 1.165) is 16.8 Å². The molecule has 0 bridgehead atoms. The molecule has 0 aromatic heterocycles. The van der Waals surface area contributed by atoms with E-state index in [-0.39, 0.29) is 11.7 Å². The van der Waals surface area contributed by atoms with Gasteiger partial charge in [-0.3, -0.25) is 4.79 Å². The first-order valence-corrected chi connectivity index (χ1v) is 8.12. The Labute approximate surface area is 146 Å². The largest absolute Gasteiger partial charge is 0.380 e. The number of nitrogens with one attached hydrogen (secondary N) is 2. The van der Waals surface area contributed by atoms with Crippen LogP contribution in [0.2, 0.25) is 0 Å². The Hall–Kier alpha value is -3.14. The first kappa shape index (κ1) is 16.7. The van der Waals surface area contributed by atoms with Crippen LogP contribution in [0.15, 0.2) is 78.9 Å². The molecule has 0 atom stereocenters. The minimum Gasteiger partial charge on any atom is -0.380 e. The van der Waals surface area contributed by atoms with Crippen LogP contribution in [-0.4, -0.2) is 5.91 Å². The molecule has 4 heteroatoms. The molecular weight excluding hydrogens is 315 g/mol. The number of hydrogen-bond acceptors (Lipinski definition) is 2. The first-order chi connectivity index (χ1) is 12.2. The van der Waals surface area contributed by atoms with E-state index in [0.29, 0.717) is 18.7 Å². The Bertz CT molecular complexity index is 849. The summed E-state index contributed by atoms with van der Waals surface area (Å²) in [6, 6.07) is 23.5. The van der Waals surface area contributed by atoms with Crippen LogP contribution in [0.4, 0.5) is 10.1 Å². The van der Waals surface area contributed by atoms with Gasteiger partial charge in [0.15, 0.2) is 0 Å². The molecule has 0 aliphatic carbocycles. The van der Waals surface area contributed by atoms with Gasteiger partial charge < -0.3 is 10.6 Å². The Balaban J connectivity index is 1.66. The molecule has 0 fully saturated rings. The maximum Gasteiger partial charge on any atom is 0.253 e. The summed E-state index contributed by atoms with van der Waals surface area (Å²) in [5.41, 5.74) is 3.15. The molecule has 0 spiro atoms. The maximum absolute atomic E-state index is 13.3. The predicted octanol–water partition coefficient (Wildman–Crippen LogP) is 4.37.